The number of ether oxygens (including phenoxy) is 7. The van der Waals surface area contributed by atoms with Gasteiger partial charge in [0, 0.05) is 58.8 Å². The summed E-state index contributed by atoms with van der Waals surface area (Å²) in [5.41, 5.74) is -3.90. The Hall–Kier alpha value is -3.48. The molecule has 1 spiro atoms. The number of carbonyl (C=O) groups excluding carboxylic acids is 6. The van der Waals surface area contributed by atoms with Crippen molar-refractivity contribution in [3.63, 3.8) is 0 Å². The molecule has 13 heteroatoms. The Labute approximate surface area is 262 Å². The minimum absolute atomic E-state index is 0.000641. The molecule has 0 aromatic rings. The Morgan fingerprint density at radius 1 is 0.867 bits per heavy atom. The topological polar surface area (TPSA) is 170 Å². The second kappa shape index (κ2) is 12.4. The largest absolute Gasteiger partial charge is 0.462 e. The molecule has 2 aliphatic heterocycles. The van der Waals surface area contributed by atoms with E-state index in [-0.39, 0.29) is 19.3 Å². The summed E-state index contributed by atoms with van der Waals surface area (Å²) in [6.07, 6.45) is -4.25. The van der Waals surface area contributed by atoms with Crippen LogP contribution in [-0.4, -0.2) is 83.6 Å². The van der Waals surface area contributed by atoms with E-state index in [2.05, 4.69) is 0 Å². The van der Waals surface area contributed by atoms with Crippen LogP contribution in [0.15, 0.2) is 11.6 Å². The molecule has 11 atom stereocenters. The Morgan fingerprint density at radius 2 is 1.44 bits per heavy atom. The van der Waals surface area contributed by atoms with E-state index in [0.29, 0.717) is 12.0 Å². The van der Waals surface area contributed by atoms with Crippen LogP contribution in [0.25, 0.3) is 0 Å². The van der Waals surface area contributed by atoms with Crippen molar-refractivity contribution >= 4 is 35.8 Å². The van der Waals surface area contributed by atoms with Crippen LogP contribution in [0.4, 0.5) is 0 Å². The van der Waals surface area contributed by atoms with Crippen LogP contribution < -0.4 is 0 Å². The molecule has 2 aliphatic carbocycles. The standard InChI is InChI=1S/C32H44O13/c1-10-11-25(37)43-21-14-23(40-18(5)34)30(8)26(16(21)3)28(42-20(7)36)32-24(44-29(38)31(32,9)45-32)13-15(2)12-22(39-17(4)33)27(30)41-19(6)35/h13,16,21-24,26-28H,10-12,14H2,1-9H3/b15-13-/t16-,21-,22-,23-,24-,26+,27-,28?,30+,31-,32+/m0/s1. The average Bonchev–Trinajstić information content (AvgIpc) is 3.49. The Morgan fingerprint density at radius 3 is 1.98 bits per heavy atom. The summed E-state index contributed by atoms with van der Waals surface area (Å²) >= 11 is 0. The Bertz CT molecular complexity index is 1290. The van der Waals surface area contributed by atoms with Crippen LogP contribution >= 0.6 is 0 Å². The number of fused-ring (bicyclic) bond motifs is 1. The second-order valence-electron chi connectivity index (χ2n) is 13.0. The van der Waals surface area contributed by atoms with Gasteiger partial charge in [0.05, 0.1) is 5.41 Å². The van der Waals surface area contributed by atoms with E-state index in [4.69, 9.17) is 33.2 Å². The number of hydrogen-bond donors (Lipinski definition) is 0. The highest BCUT2D eigenvalue weighted by molar-refractivity contribution is 5.89. The van der Waals surface area contributed by atoms with Crippen molar-refractivity contribution in [3.8, 4) is 0 Å². The minimum atomic E-state index is -1.53. The van der Waals surface area contributed by atoms with Crippen molar-refractivity contribution in [2.75, 3.05) is 0 Å². The lowest BCUT2D eigenvalue weighted by molar-refractivity contribution is -0.248. The van der Waals surface area contributed by atoms with E-state index in [1.165, 1.54) is 27.7 Å². The summed E-state index contributed by atoms with van der Waals surface area (Å²) in [6, 6.07) is 0. The first-order valence-electron chi connectivity index (χ1n) is 15.4. The monoisotopic (exact) mass is 636 g/mol. The highest BCUT2D eigenvalue weighted by atomic mass is 16.7. The molecule has 3 fully saturated rings. The van der Waals surface area contributed by atoms with E-state index >= 15 is 0 Å². The average molecular weight is 637 g/mol. The maximum atomic E-state index is 13.3. The molecule has 4 rings (SSSR count). The highest BCUT2D eigenvalue weighted by Crippen LogP contribution is 2.66. The van der Waals surface area contributed by atoms with Gasteiger partial charge in [-0.1, -0.05) is 26.3 Å². The lowest BCUT2D eigenvalue weighted by Crippen LogP contribution is -2.68. The van der Waals surface area contributed by atoms with Gasteiger partial charge in [0.1, 0.15) is 30.5 Å². The molecule has 2 heterocycles. The first kappa shape index (κ1) is 34.4. The molecule has 250 valence electrons. The van der Waals surface area contributed by atoms with Crippen LogP contribution in [0.3, 0.4) is 0 Å². The third-order valence-electron chi connectivity index (χ3n) is 9.74. The van der Waals surface area contributed by atoms with E-state index in [1.807, 2.05) is 6.92 Å². The smallest absolute Gasteiger partial charge is 0.342 e. The van der Waals surface area contributed by atoms with Gasteiger partial charge in [-0.25, -0.2) is 4.79 Å². The van der Waals surface area contributed by atoms with Crippen molar-refractivity contribution in [2.24, 2.45) is 17.3 Å². The molecule has 13 nitrogen and oxygen atoms in total. The van der Waals surface area contributed by atoms with Gasteiger partial charge in [-0.05, 0) is 26.3 Å². The SMILES string of the molecule is CCCC(=O)O[C@H]1C[C@H](OC(C)=O)[C@@]2(C)[C@@H](OC(C)=O)[C@@H](OC(C)=O)C/C(C)=C\[C@@H]3OC(=O)[C@]4(C)O[C@@]34C(OC(C)=O)[C@H]2[C@H]1C. The highest BCUT2D eigenvalue weighted by Gasteiger charge is 2.87. The fraction of sp³-hybridized carbons (Fsp3) is 0.750. The first-order valence-corrected chi connectivity index (χ1v) is 15.4. The Balaban J connectivity index is 2.06. The molecule has 2 saturated heterocycles. The summed E-state index contributed by atoms with van der Waals surface area (Å²) in [7, 11) is 0. The number of hydrogen-bond acceptors (Lipinski definition) is 13. The molecule has 0 amide bonds. The van der Waals surface area contributed by atoms with Gasteiger partial charge in [0.25, 0.3) is 0 Å². The van der Waals surface area contributed by atoms with Crippen molar-refractivity contribution in [1.29, 1.82) is 0 Å². The molecular weight excluding hydrogens is 592 g/mol. The van der Waals surface area contributed by atoms with Gasteiger partial charge >= 0.3 is 35.8 Å². The van der Waals surface area contributed by atoms with Crippen LogP contribution in [0.2, 0.25) is 0 Å². The summed E-state index contributed by atoms with van der Waals surface area (Å²) in [6.45, 7) is 13.5. The maximum absolute atomic E-state index is 13.3. The van der Waals surface area contributed by atoms with Gasteiger partial charge < -0.3 is 33.2 Å². The summed E-state index contributed by atoms with van der Waals surface area (Å²) in [5.74, 6) is -5.49. The number of esters is 6. The fourth-order valence-corrected chi connectivity index (χ4v) is 7.89. The number of carbonyl (C=O) groups is 6. The summed E-state index contributed by atoms with van der Waals surface area (Å²) in [4.78, 5) is 76.9. The van der Waals surface area contributed by atoms with Gasteiger partial charge in [-0.2, -0.15) is 0 Å². The van der Waals surface area contributed by atoms with E-state index in [9.17, 15) is 28.8 Å². The van der Waals surface area contributed by atoms with E-state index in [0.717, 1.165) is 0 Å². The molecule has 1 unspecified atom stereocenters. The molecular formula is C32H44O13. The Kier molecular flexibility index (Phi) is 9.46. The van der Waals surface area contributed by atoms with Crippen molar-refractivity contribution < 1.29 is 61.9 Å². The first-order chi connectivity index (χ1) is 20.9. The maximum Gasteiger partial charge on any atom is 0.342 e. The van der Waals surface area contributed by atoms with Crippen LogP contribution in [0, 0.1) is 17.3 Å². The number of rotatable bonds is 7. The van der Waals surface area contributed by atoms with Crippen LogP contribution in [-0.2, 0) is 61.9 Å². The number of epoxide rings is 1. The van der Waals surface area contributed by atoms with Crippen LogP contribution in [0.5, 0.6) is 0 Å². The zero-order valence-electron chi connectivity index (χ0n) is 27.3. The lowest BCUT2D eigenvalue weighted by atomic mass is 9.52. The third kappa shape index (κ3) is 5.95. The molecule has 0 radical (unpaired) electrons. The quantitative estimate of drug-likeness (QED) is 0.173. The zero-order chi connectivity index (χ0) is 33.6. The minimum Gasteiger partial charge on any atom is -0.462 e. The van der Waals surface area contributed by atoms with E-state index in [1.54, 1.807) is 33.8 Å². The predicted molar refractivity (Wildman–Crippen MR) is 153 cm³/mol. The molecule has 0 N–H and O–H groups in total. The summed E-state index contributed by atoms with van der Waals surface area (Å²) in [5, 5.41) is 0. The molecule has 0 bridgehead atoms. The summed E-state index contributed by atoms with van der Waals surface area (Å²) < 4.78 is 41.9. The van der Waals surface area contributed by atoms with Gasteiger partial charge in [-0.3, -0.25) is 24.0 Å². The zero-order valence-corrected chi connectivity index (χ0v) is 27.3. The van der Waals surface area contributed by atoms with Crippen molar-refractivity contribution in [3.05, 3.63) is 11.6 Å². The van der Waals surface area contributed by atoms with Crippen molar-refractivity contribution in [2.45, 2.75) is 136 Å². The predicted octanol–water partition coefficient (Wildman–Crippen LogP) is 2.89. The van der Waals surface area contributed by atoms with Gasteiger partial charge in [0.2, 0.25) is 0 Å². The third-order valence-corrected chi connectivity index (χ3v) is 9.74. The lowest BCUT2D eigenvalue weighted by Gasteiger charge is -2.57. The fourth-order valence-electron chi connectivity index (χ4n) is 7.89. The van der Waals surface area contributed by atoms with Crippen LogP contribution in [0.1, 0.15) is 88.0 Å². The van der Waals surface area contributed by atoms with Gasteiger partial charge in [-0.15, -0.1) is 0 Å². The molecule has 4 aliphatic rings. The second-order valence-corrected chi connectivity index (χ2v) is 13.0. The van der Waals surface area contributed by atoms with Gasteiger partial charge in [0.15, 0.2) is 17.3 Å². The molecule has 1 saturated carbocycles. The normalized spacial score (nSPS) is 41.4. The molecule has 45 heavy (non-hydrogen) atoms. The van der Waals surface area contributed by atoms with Crippen molar-refractivity contribution in [1.82, 2.24) is 0 Å². The van der Waals surface area contributed by atoms with E-state index < -0.39 is 101 Å². The molecule has 0 aromatic carbocycles. The molecule has 0 aromatic heterocycles.